The van der Waals surface area contributed by atoms with Crippen molar-refractivity contribution in [3.63, 3.8) is 0 Å². The van der Waals surface area contributed by atoms with Crippen molar-refractivity contribution in [2.75, 3.05) is 6.54 Å². The molecule has 3 aromatic rings. The number of nitrogens with two attached hydrogens (primary N) is 2. The molecule has 5 N–H and O–H groups in total. The number of hydrogen-bond acceptors (Lipinski definition) is 4. The Morgan fingerprint density at radius 2 is 1.70 bits per heavy atom. The molecule has 1 aliphatic carbocycles. The fraction of sp³-hybridized carbons (Fsp3) is 0.310. The third kappa shape index (κ3) is 4.81. The number of carbonyl (C=O) groups is 2. The molecule has 2 amide bonds. The molecule has 6 nitrogen and oxygen atoms in total. The second-order valence-corrected chi connectivity index (χ2v) is 10.3. The van der Waals surface area contributed by atoms with Gasteiger partial charge in [0.2, 0.25) is 11.8 Å². The van der Waals surface area contributed by atoms with Gasteiger partial charge in [0.15, 0.2) is 5.60 Å². The van der Waals surface area contributed by atoms with Crippen molar-refractivity contribution in [1.82, 2.24) is 5.32 Å². The summed E-state index contributed by atoms with van der Waals surface area (Å²) in [5.41, 5.74) is 12.6. The second-order valence-electron chi connectivity index (χ2n) is 9.90. The number of hydrogen-bond donors (Lipinski definition) is 3. The minimum atomic E-state index is -0.776. The van der Waals surface area contributed by atoms with E-state index < -0.39 is 17.3 Å². The van der Waals surface area contributed by atoms with Gasteiger partial charge in [0.05, 0.1) is 0 Å². The standard InChI is InChI=1S/C29H29ClFN3O3/c30-22-13-14-24-21(25(22)26-20(28(33)36)7-4-8-23(26)31)15-29(37-24,18-5-2-1-3-6-18)16-34-19-11-9-17(10-12-19)27(32)35/h1-8,13-14,17,19,34H,9-12,15-16H2,(H2,32,35)(H2,33,36)/t17-,19+,29-/m1/s1. The molecule has 1 saturated carbocycles. The molecule has 2 aliphatic rings. The first-order chi connectivity index (χ1) is 17.8. The zero-order valence-corrected chi connectivity index (χ0v) is 21.1. The van der Waals surface area contributed by atoms with Crippen LogP contribution < -0.4 is 21.5 Å². The van der Waals surface area contributed by atoms with Crippen LogP contribution in [0.3, 0.4) is 0 Å². The Kier molecular flexibility index (Phi) is 6.92. The summed E-state index contributed by atoms with van der Waals surface area (Å²) in [7, 11) is 0. The summed E-state index contributed by atoms with van der Waals surface area (Å²) < 4.78 is 21.8. The Hall–Kier alpha value is -3.42. The van der Waals surface area contributed by atoms with Crippen LogP contribution >= 0.6 is 11.6 Å². The predicted molar refractivity (Wildman–Crippen MR) is 141 cm³/mol. The minimum Gasteiger partial charge on any atom is -0.481 e. The molecule has 3 aromatic carbocycles. The second kappa shape index (κ2) is 10.1. The molecule has 0 aromatic heterocycles. The van der Waals surface area contributed by atoms with Gasteiger partial charge in [-0.15, -0.1) is 0 Å². The maximum atomic E-state index is 15.2. The number of benzene rings is 3. The molecule has 8 heteroatoms. The van der Waals surface area contributed by atoms with E-state index in [2.05, 4.69) is 5.32 Å². The molecule has 192 valence electrons. The predicted octanol–water partition coefficient (Wildman–Crippen LogP) is 4.71. The molecule has 1 heterocycles. The molecule has 0 saturated heterocycles. The minimum absolute atomic E-state index is 0.0665. The van der Waals surface area contributed by atoms with Crippen LogP contribution in [0.15, 0.2) is 60.7 Å². The van der Waals surface area contributed by atoms with Crippen molar-refractivity contribution in [3.05, 3.63) is 88.2 Å². The zero-order valence-electron chi connectivity index (χ0n) is 20.3. The number of carbonyl (C=O) groups excluding carboxylic acids is 2. The van der Waals surface area contributed by atoms with Crippen molar-refractivity contribution >= 4 is 23.4 Å². The van der Waals surface area contributed by atoms with Crippen LogP contribution in [0.25, 0.3) is 11.1 Å². The fourth-order valence-corrected chi connectivity index (χ4v) is 5.92. The van der Waals surface area contributed by atoms with Crippen molar-refractivity contribution in [1.29, 1.82) is 0 Å². The zero-order chi connectivity index (χ0) is 26.2. The number of rotatable bonds is 7. The van der Waals surface area contributed by atoms with Crippen LogP contribution in [0.4, 0.5) is 4.39 Å². The Labute approximate surface area is 220 Å². The summed E-state index contributed by atoms with van der Waals surface area (Å²) in [6, 6.07) is 17.8. The monoisotopic (exact) mass is 521 g/mol. The smallest absolute Gasteiger partial charge is 0.249 e. The van der Waals surface area contributed by atoms with Gasteiger partial charge in [0, 0.05) is 52.2 Å². The van der Waals surface area contributed by atoms with Gasteiger partial charge < -0.3 is 21.5 Å². The summed E-state index contributed by atoms with van der Waals surface area (Å²) in [6.07, 6.45) is 3.63. The summed E-state index contributed by atoms with van der Waals surface area (Å²) in [5, 5.41) is 3.97. The summed E-state index contributed by atoms with van der Waals surface area (Å²) >= 11 is 6.64. The van der Waals surface area contributed by atoms with Crippen LogP contribution in [-0.4, -0.2) is 24.4 Å². The fourth-order valence-electron chi connectivity index (χ4n) is 5.65. The van der Waals surface area contributed by atoms with Gasteiger partial charge in [-0.2, -0.15) is 0 Å². The van der Waals surface area contributed by atoms with Crippen molar-refractivity contribution in [3.8, 4) is 16.9 Å². The quantitative estimate of drug-likeness (QED) is 0.418. The third-order valence-electron chi connectivity index (χ3n) is 7.62. The number of fused-ring (bicyclic) bond motifs is 1. The SMILES string of the molecule is NC(=O)c1cccc(F)c1-c1c(Cl)ccc2c1C[C@@](CN[C@H]1CC[C@@H](C(N)=O)CC1)(c1ccccc1)O2. The van der Waals surface area contributed by atoms with Gasteiger partial charge in [0.25, 0.3) is 0 Å². The Balaban J connectivity index is 1.51. The maximum absolute atomic E-state index is 15.2. The average Bonchev–Trinajstić information content (AvgIpc) is 3.28. The Bertz CT molecular complexity index is 1340. The third-order valence-corrected chi connectivity index (χ3v) is 7.94. The normalized spacial score (nSPS) is 22.8. The molecule has 0 spiro atoms. The largest absolute Gasteiger partial charge is 0.481 e. The highest BCUT2D eigenvalue weighted by molar-refractivity contribution is 6.34. The molecule has 1 fully saturated rings. The molecule has 5 rings (SSSR count). The topological polar surface area (TPSA) is 107 Å². The van der Waals surface area contributed by atoms with Crippen molar-refractivity contribution < 1.29 is 18.7 Å². The van der Waals surface area contributed by atoms with E-state index in [1.807, 2.05) is 30.3 Å². The van der Waals surface area contributed by atoms with Gasteiger partial charge in [0.1, 0.15) is 11.6 Å². The van der Waals surface area contributed by atoms with E-state index in [0.717, 1.165) is 36.8 Å². The van der Waals surface area contributed by atoms with E-state index in [1.54, 1.807) is 12.1 Å². The first-order valence-corrected chi connectivity index (χ1v) is 12.8. The van der Waals surface area contributed by atoms with E-state index in [1.165, 1.54) is 18.2 Å². The van der Waals surface area contributed by atoms with Crippen molar-refractivity contribution in [2.45, 2.75) is 43.7 Å². The lowest BCUT2D eigenvalue weighted by Gasteiger charge is -2.34. The van der Waals surface area contributed by atoms with Gasteiger partial charge in [-0.3, -0.25) is 9.59 Å². The van der Waals surface area contributed by atoms with Crippen LogP contribution in [0.2, 0.25) is 5.02 Å². The Morgan fingerprint density at radius 1 is 0.973 bits per heavy atom. The molecule has 37 heavy (non-hydrogen) atoms. The number of amides is 2. The maximum Gasteiger partial charge on any atom is 0.249 e. The van der Waals surface area contributed by atoms with Crippen LogP contribution in [0, 0.1) is 11.7 Å². The van der Waals surface area contributed by atoms with E-state index in [9.17, 15) is 9.59 Å². The van der Waals surface area contributed by atoms with E-state index in [-0.39, 0.29) is 29.0 Å². The lowest BCUT2D eigenvalue weighted by atomic mass is 9.83. The molecule has 0 radical (unpaired) electrons. The number of ether oxygens (including phenoxy) is 1. The molecule has 1 atom stereocenters. The van der Waals surface area contributed by atoms with E-state index >= 15 is 4.39 Å². The van der Waals surface area contributed by atoms with Crippen LogP contribution in [0.5, 0.6) is 5.75 Å². The molecular weight excluding hydrogens is 493 g/mol. The van der Waals surface area contributed by atoms with Gasteiger partial charge in [-0.05, 0) is 55.5 Å². The summed E-state index contributed by atoms with van der Waals surface area (Å²) in [4.78, 5) is 23.8. The Morgan fingerprint density at radius 3 is 2.38 bits per heavy atom. The summed E-state index contributed by atoms with van der Waals surface area (Å²) in [5.74, 6) is -1.03. The first kappa shape index (κ1) is 25.2. The van der Waals surface area contributed by atoms with Crippen LogP contribution in [-0.2, 0) is 16.8 Å². The lowest BCUT2D eigenvalue weighted by molar-refractivity contribution is -0.122. The number of halogens is 2. The summed E-state index contributed by atoms with van der Waals surface area (Å²) in [6.45, 7) is 0.495. The van der Waals surface area contributed by atoms with Gasteiger partial charge in [-0.1, -0.05) is 48.0 Å². The molecular formula is C29H29ClFN3O3. The molecule has 0 unspecified atom stereocenters. The van der Waals surface area contributed by atoms with Gasteiger partial charge >= 0.3 is 0 Å². The number of nitrogens with one attached hydrogen (secondary N) is 1. The lowest BCUT2D eigenvalue weighted by Crippen LogP contribution is -2.47. The first-order valence-electron chi connectivity index (χ1n) is 12.5. The highest BCUT2D eigenvalue weighted by atomic mass is 35.5. The van der Waals surface area contributed by atoms with E-state index in [4.69, 9.17) is 27.8 Å². The highest BCUT2D eigenvalue weighted by Crippen LogP contribution is 2.49. The van der Waals surface area contributed by atoms with Crippen molar-refractivity contribution in [2.24, 2.45) is 17.4 Å². The highest BCUT2D eigenvalue weighted by Gasteiger charge is 2.43. The average molecular weight is 522 g/mol. The molecule has 1 aliphatic heterocycles. The number of primary amides is 2. The van der Waals surface area contributed by atoms with Gasteiger partial charge in [-0.25, -0.2) is 4.39 Å². The molecule has 0 bridgehead atoms. The van der Waals surface area contributed by atoms with Crippen LogP contribution in [0.1, 0.15) is 47.2 Å². The van der Waals surface area contributed by atoms with E-state index in [0.29, 0.717) is 29.3 Å².